The Balaban J connectivity index is 1.86. The maximum Gasteiger partial charge on any atom is 0.277 e. The number of nitrogens with zero attached hydrogens (tertiary/aromatic N) is 1. The third-order valence-corrected chi connectivity index (χ3v) is 3.70. The molecule has 0 aliphatic rings. The van der Waals surface area contributed by atoms with Crippen molar-refractivity contribution in [2.45, 2.75) is 33.1 Å². The number of aryl methyl sites for hydroxylation is 1. The Labute approximate surface area is 148 Å². The second kappa shape index (κ2) is 7.83. The van der Waals surface area contributed by atoms with Gasteiger partial charge < -0.3 is 9.84 Å². The van der Waals surface area contributed by atoms with Gasteiger partial charge in [0, 0.05) is 0 Å². The highest BCUT2D eigenvalue weighted by atomic mass is 16.5. The van der Waals surface area contributed by atoms with Crippen LogP contribution in [0, 0.1) is 6.92 Å². The van der Waals surface area contributed by atoms with Gasteiger partial charge in [-0.25, -0.2) is 5.43 Å². The number of ether oxygens (including phenoxy) is 1. The fourth-order valence-electron chi connectivity index (χ4n) is 2.19. The van der Waals surface area contributed by atoms with E-state index in [1.807, 2.05) is 19.1 Å². The van der Waals surface area contributed by atoms with Gasteiger partial charge in [0.25, 0.3) is 5.91 Å². The van der Waals surface area contributed by atoms with E-state index in [0.717, 1.165) is 11.1 Å². The molecule has 0 aliphatic carbocycles. The molecule has 132 valence electrons. The van der Waals surface area contributed by atoms with Gasteiger partial charge in [0.05, 0.1) is 6.21 Å². The lowest BCUT2D eigenvalue weighted by atomic mass is 9.86. The second-order valence-corrected chi connectivity index (χ2v) is 6.90. The van der Waals surface area contributed by atoms with Crippen molar-refractivity contribution >= 4 is 12.1 Å². The molecule has 0 aliphatic heterocycles. The highest BCUT2D eigenvalue weighted by Crippen LogP contribution is 2.27. The number of nitrogens with one attached hydrogen (secondary N) is 1. The molecule has 0 saturated carbocycles. The summed E-state index contributed by atoms with van der Waals surface area (Å²) in [6.07, 6.45) is 1.50. The highest BCUT2D eigenvalue weighted by Gasteiger charge is 2.15. The van der Waals surface area contributed by atoms with Crippen LogP contribution in [0.1, 0.15) is 37.5 Å². The minimum Gasteiger partial charge on any atom is -0.508 e. The number of hydrazone groups is 1. The van der Waals surface area contributed by atoms with Gasteiger partial charge in [-0.05, 0) is 59.4 Å². The lowest BCUT2D eigenvalue weighted by Gasteiger charge is -2.20. The molecule has 0 atom stereocenters. The molecular weight excluding hydrogens is 316 g/mol. The summed E-state index contributed by atoms with van der Waals surface area (Å²) in [5.74, 6) is 0.530. The Hall–Kier alpha value is -2.82. The smallest absolute Gasteiger partial charge is 0.277 e. The molecule has 0 fully saturated rings. The van der Waals surface area contributed by atoms with E-state index < -0.39 is 0 Å². The van der Waals surface area contributed by atoms with Gasteiger partial charge in [0.15, 0.2) is 6.61 Å². The number of hydrogen-bond donors (Lipinski definition) is 2. The number of carbonyl (C=O) groups is 1. The van der Waals surface area contributed by atoms with E-state index >= 15 is 0 Å². The molecule has 0 saturated heterocycles. The summed E-state index contributed by atoms with van der Waals surface area (Å²) in [5.41, 5.74) is 5.47. The zero-order chi connectivity index (χ0) is 18.4. The van der Waals surface area contributed by atoms with E-state index in [0.29, 0.717) is 5.75 Å². The van der Waals surface area contributed by atoms with E-state index in [9.17, 15) is 9.90 Å². The molecule has 25 heavy (non-hydrogen) atoms. The van der Waals surface area contributed by atoms with Crippen molar-refractivity contribution in [1.29, 1.82) is 0 Å². The number of rotatable bonds is 5. The first kappa shape index (κ1) is 18.5. The Bertz CT molecular complexity index is 760. The highest BCUT2D eigenvalue weighted by molar-refractivity contribution is 5.83. The molecular formula is C20H24N2O3. The standard InChI is InChI=1S/C20H24N2O3/c1-14-11-16(20(2,3)4)7-10-18(14)25-13-19(24)22-21-12-15-5-8-17(23)9-6-15/h5-12,23H,13H2,1-4H3,(H,22,24). The van der Waals surface area contributed by atoms with Crippen LogP contribution in [0.3, 0.4) is 0 Å². The van der Waals surface area contributed by atoms with Gasteiger partial charge >= 0.3 is 0 Å². The first-order valence-corrected chi connectivity index (χ1v) is 8.10. The Kier molecular flexibility index (Phi) is 5.80. The number of amides is 1. The average molecular weight is 340 g/mol. The van der Waals surface area contributed by atoms with E-state index in [1.54, 1.807) is 24.3 Å². The first-order chi connectivity index (χ1) is 11.8. The van der Waals surface area contributed by atoms with Crippen LogP contribution in [-0.2, 0) is 10.2 Å². The van der Waals surface area contributed by atoms with E-state index in [-0.39, 0.29) is 23.7 Å². The van der Waals surface area contributed by atoms with Gasteiger partial charge in [0.1, 0.15) is 11.5 Å². The third kappa shape index (κ3) is 5.64. The number of phenols is 1. The van der Waals surface area contributed by atoms with Gasteiger partial charge in [-0.15, -0.1) is 0 Å². The summed E-state index contributed by atoms with van der Waals surface area (Å²) in [4.78, 5) is 11.8. The van der Waals surface area contributed by atoms with Gasteiger partial charge in [-0.3, -0.25) is 4.79 Å². The average Bonchev–Trinajstić information content (AvgIpc) is 2.54. The summed E-state index contributed by atoms with van der Waals surface area (Å²) < 4.78 is 5.57. The molecule has 0 unspecified atom stereocenters. The molecule has 5 heteroatoms. The number of carbonyl (C=O) groups excluding carboxylic acids is 1. The van der Waals surface area contributed by atoms with Crippen LogP contribution in [0.5, 0.6) is 11.5 Å². The lowest BCUT2D eigenvalue weighted by Crippen LogP contribution is -2.24. The molecule has 2 rings (SSSR count). The normalized spacial score (nSPS) is 11.5. The van der Waals surface area contributed by atoms with E-state index in [4.69, 9.17) is 4.74 Å². The van der Waals surface area contributed by atoms with Crippen LogP contribution in [0.2, 0.25) is 0 Å². The molecule has 2 N–H and O–H groups in total. The molecule has 0 heterocycles. The summed E-state index contributed by atoms with van der Waals surface area (Å²) in [6, 6.07) is 12.5. The van der Waals surface area contributed by atoms with E-state index in [1.165, 1.54) is 11.8 Å². The lowest BCUT2D eigenvalue weighted by molar-refractivity contribution is -0.123. The Morgan fingerprint density at radius 3 is 2.48 bits per heavy atom. The van der Waals surface area contributed by atoms with Gasteiger partial charge in [-0.2, -0.15) is 5.10 Å². The van der Waals surface area contributed by atoms with Crippen molar-refractivity contribution in [3.8, 4) is 11.5 Å². The van der Waals surface area contributed by atoms with Crippen LogP contribution >= 0.6 is 0 Å². The quantitative estimate of drug-likeness (QED) is 0.646. The van der Waals surface area contributed by atoms with Gasteiger partial charge in [-0.1, -0.05) is 32.9 Å². The Morgan fingerprint density at radius 1 is 1.20 bits per heavy atom. The fourth-order valence-corrected chi connectivity index (χ4v) is 2.19. The predicted octanol–water partition coefficient (Wildman–Crippen LogP) is 3.53. The minimum absolute atomic E-state index is 0.0730. The van der Waals surface area contributed by atoms with Crippen molar-refractivity contribution in [1.82, 2.24) is 5.43 Å². The fraction of sp³-hybridized carbons (Fsp3) is 0.300. The van der Waals surface area contributed by atoms with Crippen LogP contribution in [0.25, 0.3) is 0 Å². The monoisotopic (exact) mass is 340 g/mol. The molecule has 1 amide bonds. The molecule has 0 aromatic heterocycles. The zero-order valence-corrected chi connectivity index (χ0v) is 15.0. The molecule has 0 radical (unpaired) electrons. The van der Waals surface area contributed by atoms with Crippen molar-refractivity contribution in [2.24, 2.45) is 5.10 Å². The van der Waals surface area contributed by atoms with Crippen molar-refractivity contribution in [3.05, 3.63) is 59.2 Å². The number of phenolic OH excluding ortho intramolecular Hbond substituents is 1. The maximum absolute atomic E-state index is 11.8. The summed E-state index contributed by atoms with van der Waals surface area (Å²) in [7, 11) is 0. The van der Waals surface area contributed by atoms with Crippen molar-refractivity contribution in [3.63, 3.8) is 0 Å². The molecule has 0 spiro atoms. The minimum atomic E-state index is -0.339. The summed E-state index contributed by atoms with van der Waals surface area (Å²) >= 11 is 0. The number of aromatic hydroxyl groups is 1. The van der Waals surface area contributed by atoms with Gasteiger partial charge in [0.2, 0.25) is 0 Å². The van der Waals surface area contributed by atoms with Crippen LogP contribution in [-0.4, -0.2) is 23.8 Å². The predicted molar refractivity (Wildman–Crippen MR) is 99.2 cm³/mol. The molecule has 2 aromatic rings. The molecule has 2 aromatic carbocycles. The zero-order valence-electron chi connectivity index (χ0n) is 15.0. The van der Waals surface area contributed by atoms with Crippen LogP contribution < -0.4 is 10.2 Å². The topological polar surface area (TPSA) is 70.9 Å². The van der Waals surface area contributed by atoms with E-state index in [2.05, 4.69) is 37.4 Å². The molecule has 5 nitrogen and oxygen atoms in total. The van der Waals surface area contributed by atoms with Crippen LogP contribution in [0.4, 0.5) is 0 Å². The van der Waals surface area contributed by atoms with Crippen LogP contribution in [0.15, 0.2) is 47.6 Å². The second-order valence-electron chi connectivity index (χ2n) is 6.90. The summed E-state index contributed by atoms with van der Waals surface area (Å²) in [6.45, 7) is 8.32. The number of hydrogen-bond acceptors (Lipinski definition) is 4. The van der Waals surface area contributed by atoms with Crippen molar-refractivity contribution < 1.29 is 14.6 Å². The Morgan fingerprint density at radius 2 is 1.88 bits per heavy atom. The SMILES string of the molecule is Cc1cc(C(C)(C)C)ccc1OCC(=O)NN=Cc1ccc(O)cc1. The first-order valence-electron chi connectivity index (χ1n) is 8.10. The largest absolute Gasteiger partial charge is 0.508 e. The molecule has 0 bridgehead atoms. The maximum atomic E-state index is 11.8. The number of benzene rings is 2. The van der Waals surface area contributed by atoms with Crippen molar-refractivity contribution in [2.75, 3.05) is 6.61 Å². The summed E-state index contributed by atoms with van der Waals surface area (Å²) in [5, 5.41) is 13.1. The third-order valence-electron chi connectivity index (χ3n) is 3.70.